The maximum atomic E-state index is 13.3. The second-order valence-corrected chi connectivity index (χ2v) is 8.17. The van der Waals surface area contributed by atoms with Crippen LogP contribution in [0.4, 0.5) is 0 Å². The average molecular weight is 451 g/mol. The Hall–Kier alpha value is -3.25. The first kappa shape index (κ1) is 24.4. The van der Waals surface area contributed by atoms with Crippen LogP contribution in [-0.4, -0.2) is 59.3 Å². The summed E-state index contributed by atoms with van der Waals surface area (Å²) >= 11 is 0. The number of carboxylic acid groups (broad SMARTS) is 1. The van der Waals surface area contributed by atoms with Gasteiger partial charge in [0, 0.05) is 24.6 Å². The average Bonchev–Trinajstić information content (AvgIpc) is 3.25. The maximum absolute atomic E-state index is 13.3. The summed E-state index contributed by atoms with van der Waals surface area (Å²) in [7, 11) is 0. The molecule has 2 atom stereocenters. The topological polar surface area (TPSA) is 95.9 Å². The van der Waals surface area contributed by atoms with Crippen LogP contribution in [0.25, 0.3) is 5.57 Å². The molecule has 0 unspecified atom stereocenters. The molecule has 2 aromatic rings. The van der Waals surface area contributed by atoms with Crippen molar-refractivity contribution in [1.82, 2.24) is 10.2 Å². The molecule has 1 aliphatic rings. The highest BCUT2D eigenvalue weighted by Crippen LogP contribution is 2.26. The van der Waals surface area contributed by atoms with Crippen molar-refractivity contribution in [2.45, 2.75) is 51.4 Å². The third-order valence-corrected chi connectivity index (χ3v) is 5.87. The van der Waals surface area contributed by atoms with Gasteiger partial charge in [-0.05, 0) is 43.4 Å². The van der Waals surface area contributed by atoms with Crippen molar-refractivity contribution >= 4 is 23.4 Å². The van der Waals surface area contributed by atoms with Gasteiger partial charge in [0.2, 0.25) is 5.91 Å². The second-order valence-electron chi connectivity index (χ2n) is 8.17. The van der Waals surface area contributed by atoms with Gasteiger partial charge in [0.05, 0.1) is 6.04 Å². The molecular weight excluding hydrogens is 420 g/mol. The fourth-order valence-electron chi connectivity index (χ4n) is 4.30. The first-order valence-electron chi connectivity index (χ1n) is 11.2. The number of ether oxygens (including phenoxy) is 1. The number of rotatable bonds is 11. The number of carbonyl (C=O) groups is 2. The molecule has 0 saturated heterocycles. The Morgan fingerprint density at radius 1 is 1.12 bits per heavy atom. The number of carboxylic acids is 1. The molecule has 7 nitrogen and oxygen atoms in total. The minimum absolute atomic E-state index is 0.212. The van der Waals surface area contributed by atoms with E-state index >= 15 is 0 Å². The third-order valence-electron chi connectivity index (χ3n) is 5.87. The first-order valence-corrected chi connectivity index (χ1v) is 11.2. The van der Waals surface area contributed by atoms with E-state index in [9.17, 15) is 19.5 Å². The number of hydrogen-bond acceptors (Lipinski definition) is 5. The molecule has 1 amide bonds. The molecule has 0 spiro atoms. The Balaban J connectivity index is 1.71. The van der Waals surface area contributed by atoms with Crippen LogP contribution in [0, 0.1) is 0 Å². The van der Waals surface area contributed by atoms with Gasteiger partial charge < -0.3 is 14.7 Å². The van der Waals surface area contributed by atoms with Crippen LogP contribution in [0.2, 0.25) is 0 Å². The van der Waals surface area contributed by atoms with E-state index in [0.29, 0.717) is 25.0 Å². The molecule has 1 aliphatic carbocycles. The number of carbonyl (C=O) groups excluding carboxylic acids is 2. The lowest BCUT2D eigenvalue weighted by molar-refractivity contribution is -0.147. The highest BCUT2D eigenvalue weighted by molar-refractivity contribution is 5.88. The van der Waals surface area contributed by atoms with Crippen LogP contribution in [0.3, 0.4) is 0 Å². The maximum Gasteiger partial charge on any atom is 0.323 e. The summed E-state index contributed by atoms with van der Waals surface area (Å²) < 4.78 is 5.76. The molecule has 174 valence electrons. The molecule has 0 heterocycles. The normalized spacial score (nSPS) is 14.7. The zero-order valence-electron chi connectivity index (χ0n) is 19.0. The molecule has 0 aromatic heterocycles. The minimum Gasteiger partial charge on any atom is -0.480 e. The fraction of sp³-hybridized carbons (Fsp3) is 0.385. The Morgan fingerprint density at radius 2 is 1.73 bits per heavy atom. The number of fused-ring (bicyclic) bond motifs is 1. The van der Waals surface area contributed by atoms with Gasteiger partial charge in [-0.2, -0.15) is 0 Å². The van der Waals surface area contributed by atoms with Crippen LogP contribution < -0.4 is 5.32 Å². The molecule has 7 heteroatoms. The van der Waals surface area contributed by atoms with Gasteiger partial charge in [-0.25, -0.2) is 4.79 Å². The Kier molecular flexibility index (Phi) is 8.55. The number of aliphatic carboxylic acids is 1. The number of hydrogen-bond donors (Lipinski definition) is 2. The molecule has 0 bridgehead atoms. The van der Waals surface area contributed by atoms with Crippen molar-refractivity contribution in [2.24, 2.45) is 0 Å². The predicted octanol–water partition coefficient (Wildman–Crippen LogP) is 2.71. The second kappa shape index (κ2) is 11.6. The number of nitrogens with zero attached hydrogens (tertiary/aromatic N) is 1. The Bertz CT molecular complexity index is 991. The summed E-state index contributed by atoms with van der Waals surface area (Å²) in [4.78, 5) is 37.9. The van der Waals surface area contributed by atoms with Crippen LogP contribution in [0.5, 0.6) is 0 Å². The molecule has 2 N–H and O–H groups in total. The number of nitrogens with one attached hydrogen (secondary N) is 1. The van der Waals surface area contributed by atoms with Crippen molar-refractivity contribution in [3.8, 4) is 0 Å². The van der Waals surface area contributed by atoms with E-state index in [-0.39, 0.29) is 24.9 Å². The van der Waals surface area contributed by atoms with Crippen molar-refractivity contribution in [1.29, 1.82) is 0 Å². The van der Waals surface area contributed by atoms with Crippen molar-refractivity contribution in [2.75, 3.05) is 13.2 Å². The number of amides is 1. The molecule has 0 fully saturated rings. The Morgan fingerprint density at radius 3 is 2.27 bits per heavy atom. The van der Waals surface area contributed by atoms with E-state index in [1.807, 2.05) is 67.5 Å². The highest BCUT2D eigenvalue weighted by atomic mass is 16.5. The van der Waals surface area contributed by atoms with Gasteiger partial charge in [-0.3, -0.25) is 14.9 Å². The van der Waals surface area contributed by atoms with Crippen molar-refractivity contribution < 1.29 is 24.2 Å². The molecular formula is C26H30N2O5. The van der Waals surface area contributed by atoms with Gasteiger partial charge in [-0.15, -0.1) is 0 Å². The quantitative estimate of drug-likeness (QED) is 0.404. The van der Waals surface area contributed by atoms with E-state index in [0.717, 1.165) is 16.7 Å². The third kappa shape index (κ3) is 6.39. The van der Waals surface area contributed by atoms with E-state index in [1.54, 1.807) is 6.92 Å². The first-order chi connectivity index (χ1) is 15.9. The molecule has 0 saturated carbocycles. The summed E-state index contributed by atoms with van der Waals surface area (Å²) in [6.45, 7) is 3.54. The largest absolute Gasteiger partial charge is 0.480 e. The molecule has 0 aliphatic heterocycles. The molecule has 3 rings (SSSR count). The SMILES string of the molecule is CCO[C@@H](CC(=C=O)c1ccccc1)N[C@@H](C)C(=O)N(CC(=O)O)C1Cc2ccccc2C1. The molecule has 33 heavy (non-hydrogen) atoms. The fourth-order valence-corrected chi connectivity index (χ4v) is 4.30. The van der Waals surface area contributed by atoms with E-state index in [1.165, 1.54) is 4.90 Å². The number of benzene rings is 2. The summed E-state index contributed by atoms with van der Waals surface area (Å²) in [6, 6.07) is 16.2. The zero-order valence-corrected chi connectivity index (χ0v) is 19.0. The van der Waals surface area contributed by atoms with Gasteiger partial charge in [-0.1, -0.05) is 54.6 Å². The van der Waals surface area contributed by atoms with Crippen LogP contribution in [-0.2, 0) is 32.0 Å². The lowest BCUT2D eigenvalue weighted by Gasteiger charge is -2.32. The monoisotopic (exact) mass is 450 g/mol. The predicted molar refractivity (Wildman–Crippen MR) is 125 cm³/mol. The van der Waals surface area contributed by atoms with E-state index < -0.39 is 18.2 Å². The lowest BCUT2D eigenvalue weighted by atomic mass is 10.0. The van der Waals surface area contributed by atoms with E-state index in [2.05, 4.69) is 5.32 Å². The van der Waals surface area contributed by atoms with Gasteiger partial charge in [0.1, 0.15) is 18.7 Å². The van der Waals surface area contributed by atoms with Gasteiger partial charge >= 0.3 is 5.97 Å². The zero-order chi connectivity index (χ0) is 23.8. The lowest BCUT2D eigenvalue weighted by Crippen LogP contribution is -2.53. The van der Waals surface area contributed by atoms with Crippen LogP contribution >= 0.6 is 0 Å². The van der Waals surface area contributed by atoms with Crippen LogP contribution in [0.1, 0.15) is 37.0 Å². The minimum atomic E-state index is -1.05. The Labute approximate surface area is 194 Å². The molecule has 0 radical (unpaired) electrons. The van der Waals surface area contributed by atoms with Gasteiger partial charge in [0.25, 0.3) is 0 Å². The summed E-state index contributed by atoms with van der Waals surface area (Å²) in [5, 5.41) is 12.6. The smallest absolute Gasteiger partial charge is 0.323 e. The van der Waals surface area contributed by atoms with Crippen molar-refractivity contribution in [3.63, 3.8) is 0 Å². The van der Waals surface area contributed by atoms with E-state index in [4.69, 9.17) is 4.74 Å². The summed E-state index contributed by atoms with van der Waals surface area (Å²) in [5.74, 6) is 0.625. The summed E-state index contributed by atoms with van der Waals surface area (Å²) in [6.07, 6.45) is 0.886. The molecule has 2 aromatic carbocycles. The summed E-state index contributed by atoms with van der Waals surface area (Å²) in [5.41, 5.74) is 3.47. The van der Waals surface area contributed by atoms with Crippen molar-refractivity contribution in [3.05, 3.63) is 71.3 Å². The standard InChI is InChI=1S/C26H30N2O5/c1-3-33-24(15-22(17-29)19-9-5-4-6-10-19)27-18(2)26(32)28(16-25(30)31)23-13-20-11-7-8-12-21(20)14-23/h4-12,18,23-24,27H,3,13-16H2,1-2H3,(H,30,31)/t18-,24-/m0/s1. The van der Waals surface area contributed by atoms with Crippen LogP contribution in [0.15, 0.2) is 54.6 Å². The highest BCUT2D eigenvalue weighted by Gasteiger charge is 2.34. The van der Waals surface area contributed by atoms with Gasteiger partial charge in [0.15, 0.2) is 0 Å².